The summed E-state index contributed by atoms with van der Waals surface area (Å²) >= 11 is 0. The Morgan fingerprint density at radius 2 is 0.815 bits per heavy atom. The smallest absolute Gasteiger partial charge is 0.143 e. The van der Waals surface area contributed by atoms with Gasteiger partial charge < -0.3 is 13.7 Å². The molecule has 8 aromatic carbocycles. The SMILES string of the molecule is CC1(C)c2ccccc2-c2ccc(N(c3ccc(-c4cccc5c4oc4ccccc45)cc3)c3ccc(-c4cccc5c4oc4ccccc45)cc3)cc21. The van der Waals surface area contributed by atoms with Crippen LogP contribution in [0.25, 0.3) is 77.3 Å². The number of rotatable bonds is 5. The lowest BCUT2D eigenvalue weighted by atomic mass is 9.82. The Morgan fingerprint density at radius 3 is 1.39 bits per heavy atom. The van der Waals surface area contributed by atoms with Crippen molar-refractivity contribution in [1.82, 2.24) is 0 Å². The van der Waals surface area contributed by atoms with Crippen LogP contribution in [0.15, 0.2) is 185 Å². The molecule has 0 amide bonds. The van der Waals surface area contributed by atoms with Crippen molar-refractivity contribution in [1.29, 1.82) is 0 Å². The van der Waals surface area contributed by atoms with Gasteiger partial charge in [0.05, 0.1) is 0 Å². The maximum atomic E-state index is 6.42. The van der Waals surface area contributed by atoms with Crippen LogP contribution >= 0.6 is 0 Å². The highest BCUT2D eigenvalue weighted by Crippen LogP contribution is 2.51. The molecule has 0 unspecified atom stereocenters. The first-order valence-electron chi connectivity index (χ1n) is 18.6. The summed E-state index contributed by atoms with van der Waals surface area (Å²) in [4.78, 5) is 2.37. The molecule has 0 aliphatic heterocycles. The highest BCUT2D eigenvalue weighted by molar-refractivity contribution is 6.10. The van der Waals surface area contributed by atoms with Gasteiger partial charge in [0.1, 0.15) is 22.3 Å². The Labute approximate surface area is 313 Å². The predicted octanol–water partition coefficient (Wildman–Crippen LogP) is 14.6. The zero-order valence-electron chi connectivity index (χ0n) is 30.0. The number of hydrogen-bond acceptors (Lipinski definition) is 3. The van der Waals surface area contributed by atoms with Crippen LogP contribution in [0, 0.1) is 0 Å². The van der Waals surface area contributed by atoms with Crippen molar-refractivity contribution in [3.63, 3.8) is 0 Å². The van der Waals surface area contributed by atoms with E-state index < -0.39 is 0 Å². The summed E-state index contributed by atoms with van der Waals surface area (Å²) in [5.41, 5.74) is 16.6. The molecular weight excluding hydrogens is 659 g/mol. The van der Waals surface area contributed by atoms with Gasteiger partial charge in [-0.15, -0.1) is 0 Å². The van der Waals surface area contributed by atoms with E-state index in [2.05, 4.69) is 170 Å². The van der Waals surface area contributed by atoms with Gasteiger partial charge in [-0.1, -0.05) is 141 Å². The third-order valence-corrected chi connectivity index (χ3v) is 11.5. The molecule has 2 heterocycles. The zero-order chi connectivity index (χ0) is 36.0. The van der Waals surface area contributed by atoms with Crippen molar-refractivity contribution in [3.8, 4) is 33.4 Å². The molecule has 1 aliphatic carbocycles. The van der Waals surface area contributed by atoms with Gasteiger partial charge in [-0.05, 0) is 81.9 Å². The van der Waals surface area contributed by atoms with E-state index in [1.54, 1.807) is 0 Å². The topological polar surface area (TPSA) is 29.5 Å². The summed E-state index contributed by atoms with van der Waals surface area (Å²) < 4.78 is 12.8. The molecule has 256 valence electrons. The van der Waals surface area contributed by atoms with Crippen LogP contribution in [0.3, 0.4) is 0 Å². The Morgan fingerprint density at radius 1 is 0.370 bits per heavy atom. The van der Waals surface area contributed by atoms with E-state index in [-0.39, 0.29) is 5.41 Å². The molecule has 0 N–H and O–H groups in total. The molecule has 0 atom stereocenters. The fourth-order valence-corrected chi connectivity index (χ4v) is 8.81. The second kappa shape index (κ2) is 11.6. The van der Waals surface area contributed by atoms with Crippen molar-refractivity contribution in [2.45, 2.75) is 19.3 Å². The summed E-state index contributed by atoms with van der Waals surface area (Å²) in [5.74, 6) is 0. The number of furan rings is 2. The quantitative estimate of drug-likeness (QED) is 0.180. The molecule has 54 heavy (non-hydrogen) atoms. The maximum absolute atomic E-state index is 6.42. The molecular formula is C51H35NO2. The highest BCUT2D eigenvalue weighted by atomic mass is 16.3. The van der Waals surface area contributed by atoms with Crippen molar-refractivity contribution >= 4 is 60.9 Å². The number of benzene rings is 8. The average Bonchev–Trinajstić information content (AvgIpc) is 3.87. The first kappa shape index (κ1) is 30.8. The third-order valence-electron chi connectivity index (χ3n) is 11.5. The minimum atomic E-state index is -0.113. The number of fused-ring (bicyclic) bond motifs is 9. The second-order valence-electron chi connectivity index (χ2n) is 14.9. The summed E-state index contributed by atoms with van der Waals surface area (Å²) in [5, 5.41) is 4.54. The van der Waals surface area contributed by atoms with E-state index in [9.17, 15) is 0 Å². The van der Waals surface area contributed by atoms with Crippen LogP contribution in [0.5, 0.6) is 0 Å². The van der Waals surface area contributed by atoms with Crippen LogP contribution in [0.1, 0.15) is 25.0 Å². The van der Waals surface area contributed by atoms with Gasteiger partial charge in [0.15, 0.2) is 0 Å². The monoisotopic (exact) mass is 693 g/mol. The van der Waals surface area contributed by atoms with Gasteiger partial charge in [-0.25, -0.2) is 0 Å². The molecule has 0 saturated carbocycles. The Kier molecular flexibility index (Phi) is 6.60. The van der Waals surface area contributed by atoms with Crippen LogP contribution < -0.4 is 4.90 Å². The van der Waals surface area contributed by atoms with Gasteiger partial charge in [0.25, 0.3) is 0 Å². The standard InChI is InChI=1S/C51H35NO2/c1-51(2)45-18-6-3-11-39(45)40-30-29-36(31-46(40)51)52(34-25-21-32(22-26-34)37-14-9-16-43-41-12-4-7-19-47(41)53-49(37)43)35-27-23-33(24-28-35)38-15-10-17-44-42-13-5-8-20-48(42)54-50(38)44/h3-31H,1-2H3. The fourth-order valence-electron chi connectivity index (χ4n) is 8.81. The Balaban J connectivity index is 1.04. The number of nitrogens with zero attached hydrogens (tertiary/aromatic N) is 1. The molecule has 0 radical (unpaired) electrons. The lowest BCUT2D eigenvalue weighted by Gasteiger charge is -2.28. The van der Waals surface area contributed by atoms with E-state index in [0.29, 0.717) is 0 Å². The third kappa shape index (κ3) is 4.55. The largest absolute Gasteiger partial charge is 0.455 e. The predicted molar refractivity (Wildman–Crippen MR) is 224 cm³/mol. The van der Waals surface area contributed by atoms with Crippen LogP contribution in [0.4, 0.5) is 17.1 Å². The Bertz CT molecular complexity index is 2910. The first-order chi connectivity index (χ1) is 26.5. The maximum Gasteiger partial charge on any atom is 0.143 e. The van der Waals surface area contributed by atoms with E-state index in [1.165, 1.54) is 22.3 Å². The number of anilines is 3. The average molecular weight is 694 g/mol. The molecule has 0 fully saturated rings. The van der Waals surface area contributed by atoms with Gasteiger partial charge in [0.2, 0.25) is 0 Å². The number of hydrogen-bond donors (Lipinski definition) is 0. The summed E-state index contributed by atoms with van der Waals surface area (Å²) in [6, 6.07) is 62.9. The highest BCUT2D eigenvalue weighted by Gasteiger charge is 2.35. The molecule has 3 heteroatoms. The molecule has 0 bridgehead atoms. The molecule has 0 saturated heterocycles. The minimum Gasteiger partial charge on any atom is -0.455 e. The van der Waals surface area contributed by atoms with E-state index in [1.807, 2.05) is 24.3 Å². The van der Waals surface area contributed by atoms with Gasteiger partial charge in [0, 0.05) is 55.1 Å². The van der Waals surface area contributed by atoms with E-state index >= 15 is 0 Å². The van der Waals surface area contributed by atoms with Crippen LogP contribution in [-0.4, -0.2) is 0 Å². The van der Waals surface area contributed by atoms with Crippen LogP contribution in [-0.2, 0) is 5.41 Å². The lowest BCUT2D eigenvalue weighted by molar-refractivity contribution is 0.660. The van der Waals surface area contributed by atoms with E-state index in [0.717, 1.165) is 83.2 Å². The Hall–Kier alpha value is -6.84. The molecule has 0 spiro atoms. The molecule has 2 aromatic heterocycles. The van der Waals surface area contributed by atoms with Crippen molar-refractivity contribution in [3.05, 3.63) is 187 Å². The van der Waals surface area contributed by atoms with Gasteiger partial charge >= 0.3 is 0 Å². The number of para-hydroxylation sites is 4. The second-order valence-corrected chi connectivity index (χ2v) is 14.9. The van der Waals surface area contributed by atoms with Crippen molar-refractivity contribution in [2.75, 3.05) is 4.90 Å². The lowest BCUT2D eigenvalue weighted by Crippen LogP contribution is -2.16. The molecule has 11 rings (SSSR count). The summed E-state index contributed by atoms with van der Waals surface area (Å²) in [6.45, 7) is 4.68. The first-order valence-corrected chi connectivity index (χ1v) is 18.6. The molecule has 10 aromatic rings. The van der Waals surface area contributed by atoms with Crippen molar-refractivity contribution in [2.24, 2.45) is 0 Å². The van der Waals surface area contributed by atoms with E-state index in [4.69, 9.17) is 8.83 Å². The van der Waals surface area contributed by atoms with Gasteiger partial charge in [-0.2, -0.15) is 0 Å². The van der Waals surface area contributed by atoms with Crippen LogP contribution in [0.2, 0.25) is 0 Å². The fraction of sp³-hybridized carbons (Fsp3) is 0.0588. The normalized spacial score (nSPS) is 13.1. The summed E-state index contributed by atoms with van der Waals surface area (Å²) in [7, 11) is 0. The summed E-state index contributed by atoms with van der Waals surface area (Å²) in [6.07, 6.45) is 0. The minimum absolute atomic E-state index is 0.113. The zero-order valence-corrected chi connectivity index (χ0v) is 30.0. The molecule has 3 nitrogen and oxygen atoms in total. The van der Waals surface area contributed by atoms with Crippen molar-refractivity contribution < 1.29 is 8.83 Å². The molecule has 1 aliphatic rings. The van der Waals surface area contributed by atoms with Gasteiger partial charge in [-0.3, -0.25) is 0 Å².